The van der Waals surface area contributed by atoms with E-state index < -0.39 is 0 Å². The van der Waals surface area contributed by atoms with Crippen molar-refractivity contribution in [2.75, 3.05) is 5.73 Å². The number of aromatic nitrogens is 2. The molecule has 0 saturated carbocycles. The van der Waals surface area contributed by atoms with Gasteiger partial charge in [0.2, 0.25) is 0 Å². The second-order valence-corrected chi connectivity index (χ2v) is 2.13. The van der Waals surface area contributed by atoms with Crippen molar-refractivity contribution in [3.05, 3.63) is 16.7 Å². The van der Waals surface area contributed by atoms with Crippen LogP contribution in [0.5, 0.6) is 0 Å². The van der Waals surface area contributed by atoms with Crippen molar-refractivity contribution >= 4 is 17.9 Å². The number of nitrogens with one attached hydrogen (secondary N) is 1. The Bertz CT molecular complexity index is 265. The Labute approximate surface area is 57.9 Å². The molecule has 1 heterocycles. The summed E-state index contributed by atoms with van der Waals surface area (Å²) in [5, 5.41) is 0. The van der Waals surface area contributed by atoms with E-state index in [-0.39, 0.29) is 0 Å². The van der Waals surface area contributed by atoms with Gasteiger partial charge in [0.15, 0.2) is 4.64 Å². The van der Waals surface area contributed by atoms with Gasteiger partial charge in [0, 0.05) is 5.69 Å². The summed E-state index contributed by atoms with van der Waals surface area (Å²) >= 11 is 4.78. The average Bonchev–Trinajstić information content (AvgIpc) is 1.83. The van der Waals surface area contributed by atoms with Crippen molar-refractivity contribution in [3.63, 3.8) is 0 Å². The minimum atomic E-state index is 0.464. The van der Waals surface area contributed by atoms with Crippen LogP contribution in [-0.2, 0) is 0 Å². The zero-order chi connectivity index (χ0) is 6.85. The van der Waals surface area contributed by atoms with E-state index in [2.05, 4.69) is 9.97 Å². The Morgan fingerprint density at radius 2 is 2.44 bits per heavy atom. The molecule has 9 heavy (non-hydrogen) atoms. The molecule has 0 unspecified atom stereocenters. The first kappa shape index (κ1) is 6.22. The van der Waals surface area contributed by atoms with Crippen LogP contribution in [0.4, 0.5) is 5.69 Å². The van der Waals surface area contributed by atoms with Gasteiger partial charge < -0.3 is 10.7 Å². The standard InChI is InChI=1S/C5H7N3S/c1-3-4(6)5(9)8-2-7-3/h2H,6H2,1H3,(H,7,8,9). The molecule has 3 N–H and O–H groups in total. The van der Waals surface area contributed by atoms with Gasteiger partial charge in [0.05, 0.1) is 12.0 Å². The number of aromatic amines is 1. The third-order valence-corrected chi connectivity index (χ3v) is 1.42. The number of aryl methyl sites for hydroxylation is 1. The fourth-order valence-electron chi connectivity index (χ4n) is 0.495. The predicted molar refractivity (Wildman–Crippen MR) is 38.6 cm³/mol. The maximum atomic E-state index is 5.48. The molecule has 0 fully saturated rings. The normalized spacial score (nSPS) is 9.44. The highest BCUT2D eigenvalue weighted by molar-refractivity contribution is 7.71. The third-order valence-electron chi connectivity index (χ3n) is 1.10. The highest BCUT2D eigenvalue weighted by atomic mass is 32.1. The molecule has 0 spiro atoms. The van der Waals surface area contributed by atoms with E-state index in [9.17, 15) is 0 Å². The first-order valence-corrected chi connectivity index (χ1v) is 2.92. The van der Waals surface area contributed by atoms with Gasteiger partial charge in [-0.05, 0) is 6.92 Å². The van der Waals surface area contributed by atoms with Gasteiger partial charge in [0.1, 0.15) is 0 Å². The van der Waals surface area contributed by atoms with Crippen molar-refractivity contribution in [3.8, 4) is 0 Å². The lowest BCUT2D eigenvalue weighted by atomic mass is 10.4. The molecule has 0 bridgehead atoms. The number of hydrogen-bond acceptors (Lipinski definition) is 3. The number of H-pyrrole nitrogens is 1. The van der Waals surface area contributed by atoms with E-state index in [0.29, 0.717) is 10.3 Å². The summed E-state index contributed by atoms with van der Waals surface area (Å²) in [5.74, 6) is 0. The number of hydrogen-bond donors (Lipinski definition) is 2. The summed E-state index contributed by atoms with van der Waals surface area (Å²) < 4.78 is 0.464. The molecule has 1 rings (SSSR count). The van der Waals surface area contributed by atoms with Gasteiger partial charge in [-0.3, -0.25) is 0 Å². The fourth-order valence-corrected chi connectivity index (χ4v) is 0.701. The molecule has 0 radical (unpaired) electrons. The SMILES string of the molecule is Cc1[nH]cnc(=S)c1N. The average molecular weight is 141 g/mol. The largest absolute Gasteiger partial charge is 0.395 e. The van der Waals surface area contributed by atoms with E-state index in [0.717, 1.165) is 5.69 Å². The molecule has 0 atom stereocenters. The molecule has 1 aromatic heterocycles. The van der Waals surface area contributed by atoms with Crippen molar-refractivity contribution in [1.29, 1.82) is 0 Å². The fraction of sp³-hybridized carbons (Fsp3) is 0.200. The molecular weight excluding hydrogens is 134 g/mol. The van der Waals surface area contributed by atoms with Crippen molar-refractivity contribution in [2.45, 2.75) is 6.92 Å². The van der Waals surface area contributed by atoms with Crippen LogP contribution in [0.15, 0.2) is 6.33 Å². The maximum Gasteiger partial charge on any atom is 0.152 e. The minimum absolute atomic E-state index is 0.464. The summed E-state index contributed by atoms with van der Waals surface area (Å²) in [6.45, 7) is 1.85. The van der Waals surface area contributed by atoms with Crippen LogP contribution in [0.3, 0.4) is 0 Å². The Hall–Kier alpha value is -0.900. The Kier molecular flexibility index (Phi) is 1.48. The van der Waals surface area contributed by atoms with E-state index in [1.165, 1.54) is 6.33 Å². The number of anilines is 1. The van der Waals surface area contributed by atoms with Crippen LogP contribution in [0, 0.1) is 11.6 Å². The minimum Gasteiger partial charge on any atom is -0.395 e. The topological polar surface area (TPSA) is 54.7 Å². The molecule has 3 nitrogen and oxygen atoms in total. The van der Waals surface area contributed by atoms with Crippen molar-refractivity contribution in [2.24, 2.45) is 0 Å². The van der Waals surface area contributed by atoms with Crippen molar-refractivity contribution < 1.29 is 0 Å². The van der Waals surface area contributed by atoms with E-state index in [1.807, 2.05) is 6.92 Å². The van der Waals surface area contributed by atoms with Crippen LogP contribution in [0.25, 0.3) is 0 Å². The van der Waals surface area contributed by atoms with Crippen molar-refractivity contribution in [1.82, 2.24) is 9.97 Å². The monoisotopic (exact) mass is 141 g/mol. The van der Waals surface area contributed by atoms with Crippen LogP contribution < -0.4 is 5.73 Å². The molecule has 0 amide bonds. The molecule has 0 aliphatic rings. The second-order valence-electron chi connectivity index (χ2n) is 1.75. The Morgan fingerprint density at radius 3 is 2.89 bits per heavy atom. The molecule has 0 aliphatic carbocycles. The second kappa shape index (κ2) is 2.14. The van der Waals surface area contributed by atoms with Gasteiger partial charge in [-0.25, -0.2) is 4.98 Å². The van der Waals surface area contributed by atoms with Crippen LogP contribution in [-0.4, -0.2) is 9.97 Å². The lowest BCUT2D eigenvalue weighted by Crippen LogP contribution is -1.94. The lowest BCUT2D eigenvalue weighted by molar-refractivity contribution is 1.10. The highest BCUT2D eigenvalue weighted by Gasteiger charge is 1.91. The summed E-state index contributed by atoms with van der Waals surface area (Å²) in [6.07, 6.45) is 1.54. The number of rotatable bonds is 0. The smallest absolute Gasteiger partial charge is 0.152 e. The van der Waals surface area contributed by atoms with Gasteiger partial charge in [0.25, 0.3) is 0 Å². The highest BCUT2D eigenvalue weighted by Crippen LogP contribution is 2.04. The number of nitrogens with zero attached hydrogens (tertiary/aromatic N) is 1. The molecule has 0 aliphatic heterocycles. The molecule has 4 heteroatoms. The molecule has 48 valence electrons. The summed E-state index contributed by atoms with van der Waals surface area (Å²) in [7, 11) is 0. The summed E-state index contributed by atoms with van der Waals surface area (Å²) in [5.41, 5.74) is 6.92. The quantitative estimate of drug-likeness (QED) is 0.530. The molecule has 1 aromatic rings. The lowest BCUT2D eigenvalue weighted by Gasteiger charge is -1.95. The molecule has 0 aromatic carbocycles. The van der Waals surface area contributed by atoms with Crippen LogP contribution in [0.1, 0.15) is 5.69 Å². The first-order chi connectivity index (χ1) is 4.22. The van der Waals surface area contributed by atoms with E-state index >= 15 is 0 Å². The van der Waals surface area contributed by atoms with Gasteiger partial charge in [-0.1, -0.05) is 12.2 Å². The maximum absolute atomic E-state index is 5.48. The van der Waals surface area contributed by atoms with E-state index in [1.54, 1.807) is 0 Å². The number of nitrogen functional groups attached to an aromatic ring is 1. The van der Waals surface area contributed by atoms with E-state index in [4.69, 9.17) is 18.0 Å². The third kappa shape index (κ3) is 1.08. The summed E-state index contributed by atoms with van der Waals surface area (Å²) in [4.78, 5) is 6.61. The zero-order valence-corrected chi connectivity index (χ0v) is 5.83. The number of nitrogens with two attached hydrogens (primary N) is 1. The van der Waals surface area contributed by atoms with Gasteiger partial charge in [-0.2, -0.15) is 0 Å². The van der Waals surface area contributed by atoms with Gasteiger partial charge in [-0.15, -0.1) is 0 Å². The van der Waals surface area contributed by atoms with Crippen LogP contribution >= 0.6 is 12.2 Å². The van der Waals surface area contributed by atoms with Crippen LogP contribution in [0.2, 0.25) is 0 Å². The summed E-state index contributed by atoms with van der Waals surface area (Å²) in [6, 6.07) is 0. The van der Waals surface area contributed by atoms with Gasteiger partial charge >= 0.3 is 0 Å². The molecular formula is C5H7N3S. The zero-order valence-electron chi connectivity index (χ0n) is 5.01. The Morgan fingerprint density at radius 1 is 1.78 bits per heavy atom. The molecule has 0 saturated heterocycles. The predicted octanol–water partition coefficient (Wildman–Crippen LogP) is 1.03. The Balaban J connectivity index is 3.43. The first-order valence-electron chi connectivity index (χ1n) is 2.51.